The van der Waals surface area contributed by atoms with E-state index in [1.807, 2.05) is 6.07 Å². The summed E-state index contributed by atoms with van der Waals surface area (Å²) in [7, 11) is 1.64. The predicted octanol–water partition coefficient (Wildman–Crippen LogP) is 0.0371. The first-order valence-electron chi connectivity index (χ1n) is 4.95. The quantitative estimate of drug-likeness (QED) is 0.593. The van der Waals surface area contributed by atoms with Crippen LogP contribution in [0, 0.1) is 0 Å². The van der Waals surface area contributed by atoms with Gasteiger partial charge in [-0.05, 0) is 12.1 Å². The highest BCUT2D eigenvalue weighted by atomic mass is 16.5. The van der Waals surface area contributed by atoms with Crippen LogP contribution in [0.5, 0.6) is 0 Å². The van der Waals surface area contributed by atoms with Gasteiger partial charge < -0.3 is 21.1 Å². The van der Waals surface area contributed by atoms with Crippen molar-refractivity contribution in [2.24, 2.45) is 5.73 Å². The van der Waals surface area contributed by atoms with Crippen molar-refractivity contribution in [1.82, 2.24) is 4.98 Å². The minimum atomic E-state index is -0.257. The Morgan fingerprint density at radius 2 is 2.38 bits per heavy atom. The second-order valence-corrected chi connectivity index (χ2v) is 3.10. The Hall–Kier alpha value is -1.66. The van der Waals surface area contributed by atoms with Gasteiger partial charge in [0.1, 0.15) is 5.82 Å². The second-order valence-electron chi connectivity index (χ2n) is 3.10. The number of hydrogen-bond acceptors (Lipinski definition) is 5. The number of nitrogens with zero attached hydrogens (tertiary/aromatic N) is 1. The summed E-state index contributed by atoms with van der Waals surface area (Å²) in [6, 6.07) is 3.54. The first-order chi connectivity index (χ1) is 7.76. The van der Waals surface area contributed by atoms with Crippen molar-refractivity contribution in [3.05, 3.63) is 18.3 Å². The van der Waals surface area contributed by atoms with Crippen molar-refractivity contribution >= 4 is 17.4 Å². The van der Waals surface area contributed by atoms with Gasteiger partial charge in [0.25, 0.3) is 0 Å². The van der Waals surface area contributed by atoms with Crippen molar-refractivity contribution in [3.63, 3.8) is 0 Å². The summed E-state index contributed by atoms with van der Waals surface area (Å²) < 4.78 is 4.90. The van der Waals surface area contributed by atoms with Crippen molar-refractivity contribution < 1.29 is 9.53 Å². The molecule has 4 N–H and O–H groups in total. The highest BCUT2D eigenvalue weighted by molar-refractivity contribution is 5.91. The number of nitrogens with two attached hydrogens (primary N) is 1. The molecule has 0 bridgehead atoms. The van der Waals surface area contributed by atoms with Crippen molar-refractivity contribution in [1.29, 1.82) is 0 Å². The van der Waals surface area contributed by atoms with Crippen LogP contribution in [-0.4, -0.2) is 37.7 Å². The molecule has 1 amide bonds. The highest BCUT2D eigenvalue weighted by Crippen LogP contribution is 2.08. The first-order valence-corrected chi connectivity index (χ1v) is 4.95. The Kier molecular flexibility index (Phi) is 5.24. The summed E-state index contributed by atoms with van der Waals surface area (Å²) in [4.78, 5) is 15.0. The van der Waals surface area contributed by atoms with Crippen LogP contribution >= 0.6 is 0 Å². The third kappa shape index (κ3) is 4.24. The molecule has 6 heteroatoms. The normalized spacial score (nSPS) is 9.88. The molecule has 0 aromatic carbocycles. The summed E-state index contributed by atoms with van der Waals surface area (Å²) in [6.07, 6.45) is 1.64. The lowest BCUT2D eigenvalue weighted by molar-refractivity contribution is -0.114. The van der Waals surface area contributed by atoms with Crippen LogP contribution in [0.25, 0.3) is 0 Å². The van der Waals surface area contributed by atoms with Crippen LogP contribution in [0.1, 0.15) is 0 Å². The van der Waals surface area contributed by atoms with Gasteiger partial charge in [-0.2, -0.15) is 0 Å². The van der Waals surface area contributed by atoms with Crippen molar-refractivity contribution in [2.75, 3.05) is 37.4 Å². The van der Waals surface area contributed by atoms with Gasteiger partial charge >= 0.3 is 0 Å². The number of carbonyl (C=O) groups excluding carboxylic acids is 1. The molecule has 0 fully saturated rings. The Balaban J connectivity index is 2.44. The van der Waals surface area contributed by atoms with E-state index in [1.54, 1.807) is 19.4 Å². The van der Waals surface area contributed by atoms with E-state index >= 15 is 0 Å². The molecular formula is C10H16N4O2. The number of rotatable bonds is 6. The molecule has 0 aliphatic carbocycles. The van der Waals surface area contributed by atoms with Crippen molar-refractivity contribution in [3.8, 4) is 0 Å². The average Bonchev–Trinajstić information content (AvgIpc) is 2.31. The zero-order valence-corrected chi connectivity index (χ0v) is 9.19. The number of ether oxygens (including phenoxy) is 1. The van der Waals surface area contributed by atoms with E-state index in [1.165, 1.54) is 0 Å². The van der Waals surface area contributed by atoms with E-state index in [9.17, 15) is 4.79 Å². The van der Waals surface area contributed by atoms with Crippen LogP contribution in [0.15, 0.2) is 18.3 Å². The Morgan fingerprint density at radius 1 is 1.56 bits per heavy atom. The largest absolute Gasteiger partial charge is 0.383 e. The minimum absolute atomic E-state index is 0.0461. The number of pyridine rings is 1. The maximum Gasteiger partial charge on any atom is 0.239 e. The number of amides is 1. The zero-order chi connectivity index (χ0) is 11.8. The van der Waals surface area contributed by atoms with E-state index in [-0.39, 0.29) is 12.5 Å². The lowest BCUT2D eigenvalue weighted by Crippen LogP contribution is -2.22. The summed E-state index contributed by atoms with van der Waals surface area (Å²) in [5, 5.41) is 5.67. The molecule has 1 heterocycles. The molecule has 0 aliphatic heterocycles. The molecular weight excluding hydrogens is 208 g/mol. The lowest BCUT2D eigenvalue weighted by atomic mass is 10.4. The monoisotopic (exact) mass is 224 g/mol. The molecule has 0 radical (unpaired) electrons. The molecule has 1 aromatic heterocycles. The Bertz CT molecular complexity index is 326. The Morgan fingerprint density at radius 3 is 2.94 bits per heavy atom. The first kappa shape index (κ1) is 12.4. The second kappa shape index (κ2) is 6.76. The van der Waals surface area contributed by atoms with Gasteiger partial charge in [0.2, 0.25) is 5.91 Å². The van der Waals surface area contributed by atoms with E-state index in [0.29, 0.717) is 19.0 Å². The standard InChI is InChI=1S/C10H16N4O2/c1-16-5-4-12-8-2-3-9(13-7-8)14-10(15)6-11/h2-3,7,12H,4-6,11H2,1H3,(H,13,14,15). The van der Waals surface area contributed by atoms with Crippen LogP contribution in [-0.2, 0) is 9.53 Å². The molecule has 0 spiro atoms. The predicted molar refractivity (Wildman–Crippen MR) is 62.3 cm³/mol. The number of nitrogens with one attached hydrogen (secondary N) is 2. The van der Waals surface area contributed by atoms with Gasteiger partial charge in [0, 0.05) is 13.7 Å². The zero-order valence-electron chi connectivity index (χ0n) is 9.19. The van der Waals surface area contributed by atoms with Gasteiger partial charge in [0.15, 0.2) is 0 Å². The van der Waals surface area contributed by atoms with Gasteiger partial charge in [0.05, 0.1) is 25.0 Å². The van der Waals surface area contributed by atoms with Crippen LogP contribution in [0.4, 0.5) is 11.5 Å². The highest BCUT2D eigenvalue weighted by Gasteiger charge is 1.99. The number of methoxy groups -OCH3 is 1. The Labute approximate surface area is 94.2 Å². The molecule has 1 aromatic rings. The summed E-state index contributed by atoms with van der Waals surface area (Å²) in [6.45, 7) is 1.30. The third-order valence-corrected chi connectivity index (χ3v) is 1.85. The molecule has 0 atom stereocenters. The third-order valence-electron chi connectivity index (χ3n) is 1.85. The molecule has 1 rings (SSSR count). The summed E-state index contributed by atoms with van der Waals surface area (Å²) in [5.74, 6) is 0.236. The molecule has 0 unspecified atom stereocenters. The number of carbonyl (C=O) groups is 1. The number of hydrogen-bond donors (Lipinski definition) is 3. The van der Waals surface area contributed by atoms with Gasteiger partial charge in [-0.1, -0.05) is 0 Å². The van der Waals surface area contributed by atoms with E-state index in [2.05, 4.69) is 15.6 Å². The number of anilines is 2. The summed E-state index contributed by atoms with van der Waals surface area (Å²) >= 11 is 0. The SMILES string of the molecule is COCCNc1ccc(NC(=O)CN)nc1. The molecule has 6 nitrogen and oxygen atoms in total. The fraction of sp³-hybridized carbons (Fsp3) is 0.400. The van der Waals surface area contributed by atoms with E-state index < -0.39 is 0 Å². The van der Waals surface area contributed by atoms with E-state index in [0.717, 1.165) is 5.69 Å². The molecule has 16 heavy (non-hydrogen) atoms. The maximum absolute atomic E-state index is 11.0. The fourth-order valence-corrected chi connectivity index (χ4v) is 1.06. The van der Waals surface area contributed by atoms with Gasteiger partial charge in [-0.25, -0.2) is 4.98 Å². The molecule has 88 valence electrons. The lowest BCUT2D eigenvalue weighted by Gasteiger charge is -2.06. The number of aromatic nitrogens is 1. The van der Waals surface area contributed by atoms with Crippen LogP contribution < -0.4 is 16.4 Å². The van der Waals surface area contributed by atoms with Crippen LogP contribution in [0.2, 0.25) is 0 Å². The molecule has 0 aliphatic rings. The van der Waals surface area contributed by atoms with Crippen molar-refractivity contribution in [2.45, 2.75) is 0 Å². The summed E-state index contributed by atoms with van der Waals surface area (Å²) in [5.41, 5.74) is 6.04. The average molecular weight is 224 g/mol. The van der Waals surface area contributed by atoms with Gasteiger partial charge in [-0.3, -0.25) is 4.79 Å². The van der Waals surface area contributed by atoms with E-state index in [4.69, 9.17) is 10.5 Å². The van der Waals surface area contributed by atoms with Crippen LogP contribution in [0.3, 0.4) is 0 Å². The maximum atomic E-state index is 11.0. The molecule has 0 saturated heterocycles. The molecule has 0 saturated carbocycles. The fourth-order valence-electron chi connectivity index (χ4n) is 1.06. The minimum Gasteiger partial charge on any atom is -0.383 e. The smallest absolute Gasteiger partial charge is 0.239 e. The van der Waals surface area contributed by atoms with Gasteiger partial charge in [-0.15, -0.1) is 0 Å². The topological polar surface area (TPSA) is 89.3 Å².